The standard InChI is InChI=1S/C10H16ClNO2/c1-6(11)10(13)12-4-7-3-8(5-12)9(7)14-2/h6-9H,3-5H2,1-2H3. The lowest BCUT2D eigenvalue weighted by Crippen LogP contribution is -2.61. The summed E-state index contributed by atoms with van der Waals surface area (Å²) in [5.41, 5.74) is 0. The highest BCUT2D eigenvalue weighted by atomic mass is 35.5. The molecule has 0 radical (unpaired) electrons. The molecule has 0 aromatic carbocycles. The zero-order chi connectivity index (χ0) is 10.3. The monoisotopic (exact) mass is 217 g/mol. The summed E-state index contributed by atoms with van der Waals surface area (Å²) in [4.78, 5) is 13.5. The molecule has 3 nitrogen and oxygen atoms in total. The van der Waals surface area contributed by atoms with Gasteiger partial charge in [0.1, 0.15) is 5.38 Å². The van der Waals surface area contributed by atoms with E-state index in [1.165, 1.54) is 6.42 Å². The van der Waals surface area contributed by atoms with Crippen LogP contribution < -0.4 is 0 Å². The number of carbonyl (C=O) groups is 1. The molecule has 14 heavy (non-hydrogen) atoms. The number of fused-ring (bicyclic) bond motifs is 2. The van der Waals surface area contributed by atoms with E-state index in [4.69, 9.17) is 16.3 Å². The Labute approximate surface area is 89.4 Å². The number of ether oxygens (including phenoxy) is 1. The zero-order valence-corrected chi connectivity index (χ0v) is 9.33. The van der Waals surface area contributed by atoms with E-state index in [0.29, 0.717) is 17.9 Å². The minimum absolute atomic E-state index is 0.0657. The molecule has 3 atom stereocenters. The van der Waals surface area contributed by atoms with Gasteiger partial charge in [-0.05, 0) is 13.3 Å². The lowest BCUT2D eigenvalue weighted by Gasteiger charge is -2.52. The second kappa shape index (κ2) is 3.70. The van der Waals surface area contributed by atoms with Crippen molar-refractivity contribution in [3.8, 4) is 0 Å². The summed E-state index contributed by atoms with van der Waals surface area (Å²) in [5, 5.41) is -0.395. The van der Waals surface area contributed by atoms with Crippen molar-refractivity contribution in [3.05, 3.63) is 0 Å². The van der Waals surface area contributed by atoms with Gasteiger partial charge >= 0.3 is 0 Å². The molecular weight excluding hydrogens is 202 g/mol. The van der Waals surface area contributed by atoms with Crippen LogP contribution in [0.3, 0.4) is 0 Å². The van der Waals surface area contributed by atoms with Gasteiger partial charge in [0.15, 0.2) is 0 Å². The third kappa shape index (κ3) is 1.52. The van der Waals surface area contributed by atoms with Gasteiger partial charge in [-0.1, -0.05) is 0 Å². The van der Waals surface area contributed by atoms with Gasteiger partial charge in [-0.15, -0.1) is 11.6 Å². The average Bonchev–Trinajstić information content (AvgIpc) is 2.17. The van der Waals surface area contributed by atoms with Crippen molar-refractivity contribution >= 4 is 17.5 Å². The molecule has 4 heteroatoms. The second-order valence-corrected chi connectivity index (χ2v) is 4.97. The smallest absolute Gasteiger partial charge is 0.240 e. The molecule has 3 aliphatic rings. The maximum Gasteiger partial charge on any atom is 0.240 e. The number of piperidine rings is 2. The van der Waals surface area contributed by atoms with Gasteiger partial charge in [0, 0.05) is 32.0 Å². The molecule has 1 amide bonds. The van der Waals surface area contributed by atoms with Crippen molar-refractivity contribution < 1.29 is 9.53 Å². The molecule has 0 spiro atoms. The van der Waals surface area contributed by atoms with Crippen LogP contribution in [0, 0.1) is 11.8 Å². The number of carbonyl (C=O) groups excluding carboxylic acids is 1. The summed E-state index contributed by atoms with van der Waals surface area (Å²) >= 11 is 5.77. The first-order chi connectivity index (χ1) is 6.63. The Morgan fingerprint density at radius 2 is 2.07 bits per heavy atom. The summed E-state index contributed by atoms with van der Waals surface area (Å²) in [6.07, 6.45) is 1.59. The fraction of sp³-hybridized carbons (Fsp3) is 0.900. The van der Waals surface area contributed by atoms with Crippen molar-refractivity contribution in [2.45, 2.75) is 24.8 Å². The van der Waals surface area contributed by atoms with Gasteiger partial charge in [0.05, 0.1) is 6.10 Å². The van der Waals surface area contributed by atoms with Crippen LogP contribution in [0.5, 0.6) is 0 Å². The predicted molar refractivity (Wildman–Crippen MR) is 54.3 cm³/mol. The predicted octanol–water partition coefficient (Wildman–Crippen LogP) is 1.11. The molecular formula is C10H16ClNO2. The minimum Gasteiger partial charge on any atom is -0.381 e. The second-order valence-electron chi connectivity index (χ2n) is 4.32. The maximum absolute atomic E-state index is 11.6. The van der Waals surface area contributed by atoms with Gasteiger partial charge in [-0.3, -0.25) is 4.79 Å². The van der Waals surface area contributed by atoms with E-state index < -0.39 is 5.38 Å². The van der Waals surface area contributed by atoms with E-state index in [-0.39, 0.29) is 5.91 Å². The number of hydrogen-bond acceptors (Lipinski definition) is 2. The van der Waals surface area contributed by atoms with Crippen molar-refractivity contribution in [1.82, 2.24) is 4.90 Å². The highest BCUT2D eigenvalue weighted by Crippen LogP contribution is 2.41. The fourth-order valence-electron chi connectivity index (χ4n) is 2.66. The van der Waals surface area contributed by atoms with Gasteiger partial charge in [-0.2, -0.15) is 0 Å². The lowest BCUT2D eigenvalue weighted by atomic mass is 9.68. The summed E-state index contributed by atoms with van der Waals surface area (Å²) in [6.45, 7) is 3.38. The first kappa shape index (κ1) is 10.2. The van der Waals surface area contributed by atoms with E-state index in [9.17, 15) is 4.79 Å². The molecule has 3 fully saturated rings. The van der Waals surface area contributed by atoms with E-state index >= 15 is 0 Å². The topological polar surface area (TPSA) is 29.5 Å². The summed E-state index contributed by atoms with van der Waals surface area (Å²) in [6, 6.07) is 0. The Bertz CT molecular complexity index is 232. The molecule has 1 saturated carbocycles. The molecule has 2 heterocycles. The van der Waals surface area contributed by atoms with Crippen LogP contribution in [0.4, 0.5) is 0 Å². The Kier molecular flexibility index (Phi) is 2.71. The van der Waals surface area contributed by atoms with Crippen LogP contribution >= 0.6 is 11.6 Å². The molecule has 0 aromatic heterocycles. The number of halogens is 1. The molecule has 3 rings (SSSR count). The minimum atomic E-state index is -0.395. The molecule has 3 unspecified atom stereocenters. The lowest BCUT2D eigenvalue weighted by molar-refractivity contribution is -0.155. The van der Waals surface area contributed by atoms with Crippen LogP contribution in [0.15, 0.2) is 0 Å². The summed E-state index contributed by atoms with van der Waals surface area (Å²) in [5.74, 6) is 1.15. The Balaban J connectivity index is 1.93. The number of methoxy groups -OCH3 is 1. The fourth-order valence-corrected chi connectivity index (χ4v) is 2.80. The zero-order valence-electron chi connectivity index (χ0n) is 8.57. The van der Waals surface area contributed by atoms with Crippen LogP contribution in [0.25, 0.3) is 0 Å². The van der Waals surface area contributed by atoms with E-state index in [2.05, 4.69) is 0 Å². The van der Waals surface area contributed by atoms with Crippen molar-refractivity contribution in [3.63, 3.8) is 0 Å². The van der Waals surface area contributed by atoms with Gasteiger partial charge in [0.25, 0.3) is 0 Å². The highest BCUT2D eigenvalue weighted by Gasteiger charge is 2.48. The van der Waals surface area contributed by atoms with Crippen LogP contribution in [0.1, 0.15) is 13.3 Å². The third-order valence-corrected chi connectivity index (χ3v) is 3.56. The Morgan fingerprint density at radius 3 is 2.50 bits per heavy atom. The number of hydrogen-bond donors (Lipinski definition) is 0. The number of amides is 1. The molecule has 2 bridgehead atoms. The normalized spacial score (nSPS) is 37.6. The van der Waals surface area contributed by atoms with Gasteiger partial charge in [-0.25, -0.2) is 0 Å². The van der Waals surface area contributed by atoms with E-state index in [0.717, 1.165) is 13.1 Å². The molecule has 2 aliphatic heterocycles. The Morgan fingerprint density at radius 1 is 1.50 bits per heavy atom. The number of nitrogens with zero attached hydrogens (tertiary/aromatic N) is 1. The van der Waals surface area contributed by atoms with Crippen molar-refractivity contribution in [2.75, 3.05) is 20.2 Å². The maximum atomic E-state index is 11.6. The average molecular weight is 218 g/mol. The van der Waals surface area contributed by atoms with Crippen LogP contribution in [0.2, 0.25) is 0 Å². The first-order valence-corrected chi connectivity index (χ1v) is 5.52. The van der Waals surface area contributed by atoms with Gasteiger partial charge < -0.3 is 9.64 Å². The van der Waals surface area contributed by atoms with Gasteiger partial charge in [0.2, 0.25) is 5.91 Å². The van der Waals surface area contributed by atoms with Crippen molar-refractivity contribution in [2.24, 2.45) is 11.8 Å². The largest absolute Gasteiger partial charge is 0.381 e. The van der Waals surface area contributed by atoms with Crippen molar-refractivity contribution in [1.29, 1.82) is 0 Å². The summed E-state index contributed by atoms with van der Waals surface area (Å²) < 4.78 is 5.37. The van der Waals surface area contributed by atoms with Crippen LogP contribution in [-0.4, -0.2) is 42.5 Å². The third-order valence-electron chi connectivity index (χ3n) is 3.37. The Hall–Kier alpha value is -0.280. The highest BCUT2D eigenvalue weighted by molar-refractivity contribution is 6.30. The summed E-state index contributed by atoms with van der Waals surface area (Å²) in [7, 11) is 1.76. The SMILES string of the molecule is COC1C2CC1CN(C(=O)C(C)Cl)C2. The van der Waals surface area contributed by atoms with E-state index in [1.807, 2.05) is 4.90 Å². The number of alkyl halides is 1. The van der Waals surface area contributed by atoms with E-state index in [1.54, 1.807) is 14.0 Å². The van der Waals surface area contributed by atoms with Crippen LogP contribution in [-0.2, 0) is 9.53 Å². The molecule has 0 N–H and O–H groups in total. The molecule has 2 saturated heterocycles. The quantitative estimate of drug-likeness (QED) is 0.649. The molecule has 80 valence electrons. The first-order valence-electron chi connectivity index (χ1n) is 5.09. The number of rotatable bonds is 2. The molecule has 1 aliphatic carbocycles. The molecule has 0 aromatic rings.